The highest BCUT2D eigenvalue weighted by molar-refractivity contribution is 7.14. The van der Waals surface area contributed by atoms with Crippen LogP contribution in [0.1, 0.15) is 22.8 Å². The Hall–Kier alpha value is -3.44. The largest absolute Gasteiger partial charge is 0.457 e. The summed E-state index contributed by atoms with van der Waals surface area (Å²) in [6.07, 6.45) is 1.01. The van der Waals surface area contributed by atoms with Crippen LogP contribution < -0.4 is 10.1 Å². The molecule has 0 radical (unpaired) electrons. The Morgan fingerprint density at radius 2 is 1.62 bits per heavy atom. The number of para-hydroxylation sites is 1. The van der Waals surface area contributed by atoms with Crippen LogP contribution in [0.3, 0.4) is 0 Å². The number of nitrogens with one attached hydrogen (secondary N) is 1. The van der Waals surface area contributed by atoms with Gasteiger partial charge in [0.2, 0.25) is 0 Å². The fraction of sp³-hybridized carbons (Fsp3) is 0.0833. The summed E-state index contributed by atoms with van der Waals surface area (Å²) in [6, 6.07) is 24.9. The molecular formula is C24H20N2O2S. The van der Waals surface area contributed by atoms with Crippen LogP contribution in [-0.2, 0) is 6.42 Å². The van der Waals surface area contributed by atoms with Gasteiger partial charge in [0, 0.05) is 16.5 Å². The summed E-state index contributed by atoms with van der Waals surface area (Å²) in [7, 11) is 0. The highest BCUT2D eigenvalue weighted by atomic mass is 32.1. The van der Waals surface area contributed by atoms with Crippen molar-refractivity contribution in [2.75, 3.05) is 5.32 Å². The third-order valence-electron chi connectivity index (χ3n) is 4.48. The van der Waals surface area contributed by atoms with E-state index in [1.165, 1.54) is 16.9 Å². The van der Waals surface area contributed by atoms with Gasteiger partial charge in [-0.15, -0.1) is 11.3 Å². The average Bonchev–Trinajstić information content (AvgIpc) is 3.23. The van der Waals surface area contributed by atoms with Crippen molar-refractivity contribution < 1.29 is 9.53 Å². The van der Waals surface area contributed by atoms with Crippen molar-refractivity contribution in [1.82, 2.24) is 4.98 Å². The van der Waals surface area contributed by atoms with Crippen LogP contribution in [0.15, 0.2) is 84.2 Å². The van der Waals surface area contributed by atoms with E-state index in [1.54, 1.807) is 24.3 Å². The molecule has 4 aromatic rings. The SMILES string of the molecule is CCc1ccc(-c2csc(NC(=O)c3ccc(Oc4ccccc4)cc3)n2)cc1. The molecule has 0 saturated carbocycles. The predicted octanol–water partition coefficient (Wildman–Crippen LogP) is 6.42. The molecule has 0 saturated heterocycles. The molecule has 0 aliphatic carbocycles. The maximum atomic E-state index is 12.5. The van der Waals surface area contributed by atoms with E-state index >= 15 is 0 Å². The first kappa shape index (κ1) is 18.9. The fourth-order valence-electron chi connectivity index (χ4n) is 2.84. The number of aromatic nitrogens is 1. The molecule has 4 rings (SSSR count). The van der Waals surface area contributed by atoms with Gasteiger partial charge in [-0.1, -0.05) is 49.4 Å². The summed E-state index contributed by atoms with van der Waals surface area (Å²) in [5.74, 6) is 1.24. The Bertz CT molecular complexity index is 1090. The number of thiazole rings is 1. The highest BCUT2D eigenvalue weighted by Crippen LogP contribution is 2.26. The van der Waals surface area contributed by atoms with Gasteiger partial charge >= 0.3 is 0 Å². The maximum Gasteiger partial charge on any atom is 0.257 e. The molecule has 0 aliphatic rings. The molecule has 0 bridgehead atoms. The molecule has 0 fully saturated rings. The molecule has 0 spiro atoms. The normalized spacial score (nSPS) is 10.5. The minimum Gasteiger partial charge on any atom is -0.457 e. The standard InChI is InChI=1S/C24H20N2O2S/c1-2-17-8-10-18(11-9-17)22-16-29-24(25-22)26-23(27)19-12-14-21(15-13-19)28-20-6-4-3-5-7-20/h3-16H,2H2,1H3,(H,25,26,27). The molecule has 5 heteroatoms. The lowest BCUT2D eigenvalue weighted by Gasteiger charge is -2.06. The number of amides is 1. The molecule has 1 N–H and O–H groups in total. The van der Waals surface area contributed by atoms with Crippen molar-refractivity contribution in [3.63, 3.8) is 0 Å². The highest BCUT2D eigenvalue weighted by Gasteiger charge is 2.10. The van der Waals surface area contributed by atoms with E-state index in [4.69, 9.17) is 4.74 Å². The number of benzene rings is 3. The topological polar surface area (TPSA) is 51.2 Å². The van der Waals surface area contributed by atoms with Gasteiger partial charge in [0.15, 0.2) is 5.13 Å². The van der Waals surface area contributed by atoms with E-state index in [2.05, 4.69) is 41.5 Å². The quantitative estimate of drug-likeness (QED) is 0.406. The predicted molar refractivity (Wildman–Crippen MR) is 118 cm³/mol. The molecule has 1 aromatic heterocycles. The minimum absolute atomic E-state index is 0.196. The van der Waals surface area contributed by atoms with E-state index < -0.39 is 0 Å². The van der Waals surface area contributed by atoms with E-state index in [-0.39, 0.29) is 5.91 Å². The van der Waals surface area contributed by atoms with Crippen molar-refractivity contribution in [2.24, 2.45) is 0 Å². The number of aryl methyl sites for hydroxylation is 1. The van der Waals surface area contributed by atoms with Gasteiger partial charge < -0.3 is 4.74 Å². The van der Waals surface area contributed by atoms with Crippen molar-refractivity contribution in [2.45, 2.75) is 13.3 Å². The lowest BCUT2D eigenvalue weighted by molar-refractivity contribution is 0.102. The lowest BCUT2D eigenvalue weighted by Crippen LogP contribution is -2.11. The zero-order valence-corrected chi connectivity index (χ0v) is 16.8. The van der Waals surface area contributed by atoms with Crippen LogP contribution in [0.5, 0.6) is 11.5 Å². The maximum absolute atomic E-state index is 12.5. The van der Waals surface area contributed by atoms with E-state index in [9.17, 15) is 4.79 Å². The second-order valence-electron chi connectivity index (χ2n) is 6.48. The molecular weight excluding hydrogens is 380 g/mol. The summed E-state index contributed by atoms with van der Waals surface area (Å²) in [6.45, 7) is 2.13. The van der Waals surface area contributed by atoms with Crippen molar-refractivity contribution in [3.05, 3.63) is 95.4 Å². The summed E-state index contributed by atoms with van der Waals surface area (Å²) >= 11 is 1.41. The van der Waals surface area contributed by atoms with Crippen LogP contribution in [0, 0.1) is 0 Å². The van der Waals surface area contributed by atoms with E-state index in [1.807, 2.05) is 35.7 Å². The van der Waals surface area contributed by atoms with Crippen molar-refractivity contribution in [3.8, 4) is 22.8 Å². The Morgan fingerprint density at radius 3 is 2.31 bits per heavy atom. The number of nitrogens with zero attached hydrogens (tertiary/aromatic N) is 1. The van der Waals surface area contributed by atoms with Crippen LogP contribution in [0.4, 0.5) is 5.13 Å². The Labute approximate surface area is 173 Å². The second-order valence-corrected chi connectivity index (χ2v) is 7.34. The Kier molecular flexibility index (Phi) is 5.68. The summed E-state index contributed by atoms with van der Waals surface area (Å²) in [4.78, 5) is 17.1. The molecule has 3 aromatic carbocycles. The van der Waals surface area contributed by atoms with Gasteiger partial charge in [0.05, 0.1) is 5.69 Å². The van der Waals surface area contributed by atoms with Crippen molar-refractivity contribution in [1.29, 1.82) is 0 Å². The van der Waals surface area contributed by atoms with Crippen LogP contribution in [-0.4, -0.2) is 10.9 Å². The van der Waals surface area contributed by atoms with Gasteiger partial charge in [-0.2, -0.15) is 0 Å². The molecule has 1 amide bonds. The average molecular weight is 401 g/mol. The van der Waals surface area contributed by atoms with E-state index in [0.717, 1.165) is 23.4 Å². The zero-order chi connectivity index (χ0) is 20.1. The van der Waals surface area contributed by atoms with Gasteiger partial charge in [-0.25, -0.2) is 4.98 Å². The van der Waals surface area contributed by atoms with Gasteiger partial charge in [-0.3, -0.25) is 10.1 Å². The number of anilines is 1. The monoisotopic (exact) mass is 400 g/mol. The number of rotatable bonds is 6. The summed E-state index contributed by atoms with van der Waals surface area (Å²) < 4.78 is 5.76. The molecule has 4 nitrogen and oxygen atoms in total. The van der Waals surface area contributed by atoms with Gasteiger partial charge in [0.25, 0.3) is 5.91 Å². The number of carbonyl (C=O) groups is 1. The Balaban J connectivity index is 1.41. The van der Waals surface area contributed by atoms with E-state index in [0.29, 0.717) is 16.4 Å². The fourth-order valence-corrected chi connectivity index (χ4v) is 3.56. The second kappa shape index (κ2) is 8.71. The molecule has 0 aliphatic heterocycles. The molecule has 0 unspecified atom stereocenters. The first-order chi connectivity index (χ1) is 14.2. The van der Waals surface area contributed by atoms with Crippen LogP contribution >= 0.6 is 11.3 Å². The minimum atomic E-state index is -0.196. The molecule has 29 heavy (non-hydrogen) atoms. The molecule has 0 atom stereocenters. The Morgan fingerprint density at radius 1 is 0.931 bits per heavy atom. The van der Waals surface area contributed by atoms with Gasteiger partial charge in [-0.05, 0) is 48.4 Å². The van der Waals surface area contributed by atoms with Crippen LogP contribution in [0.2, 0.25) is 0 Å². The first-order valence-corrected chi connectivity index (χ1v) is 10.3. The zero-order valence-electron chi connectivity index (χ0n) is 16.0. The molecule has 1 heterocycles. The smallest absolute Gasteiger partial charge is 0.257 e. The van der Waals surface area contributed by atoms with Gasteiger partial charge in [0.1, 0.15) is 11.5 Å². The summed E-state index contributed by atoms with van der Waals surface area (Å²) in [5.41, 5.74) is 3.74. The third-order valence-corrected chi connectivity index (χ3v) is 5.24. The summed E-state index contributed by atoms with van der Waals surface area (Å²) in [5, 5.41) is 5.40. The molecule has 144 valence electrons. The number of hydrogen-bond acceptors (Lipinski definition) is 4. The third kappa shape index (κ3) is 4.70. The lowest BCUT2D eigenvalue weighted by atomic mass is 10.1. The number of carbonyl (C=O) groups excluding carboxylic acids is 1. The number of hydrogen-bond donors (Lipinski definition) is 1. The van der Waals surface area contributed by atoms with Crippen molar-refractivity contribution >= 4 is 22.4 Å². The van der Waals surface area contributed by atoms with Crippen LogP contribution in [0.25, 0.3) is 11.3 Å². The number of ether oxygens (including phenoxy) is 1. The first-order valence-electron chi connectivity index (χ1n) is 9.40.